The van der Waals surface area contributed by atoms with Crippen molar-refractivity contribution in [3.05, 3.63) is 35.8 Å². The van der Waals surface area contributed by atoms with Crippen LogP contribution in [0.25, 0.3) is 0 Å². The largest absolute Gasteiger partial charge is 0.392 e. The highest BCUT2D eigenvalue weighted by molar-refractivity contribution is 7.92. The van der Waals surface area contributed by atoms with Crippen molar-refractivity contribution >= 4 is 15.7 Å². The Kier molecular flexibility index (Phi) is 3.54. The van der Waals surface area contributed by atoms with Gasteiger partial charge in [-0.1, -0.05) is 6.07 Å². The van der Waals surface area contributed by atoms with Gasteiger partial charge in [0.25, 0.3) is 10.0 Å². The van der Waals surface area contributed by atoms with Crippen molar-refractivity contribution in [2.24, 2.45) is 7.05 Å². The van der Waals surface area contributed by atoms with Crippen LogP contribution in [0.3, 0.4) is 0 Å². The normalized spacial score (nSPS) is 11.5. The van der Waals surface area contributed by atoms with Crippen LogP contribution in [-0.2, 0) is 23.7 Å². The van der Waals surface area contributed by atoms with Gasteiger partial charge in [0.1, 0.15) is 0 Å². The van der Waals surface area contributed by atoms with Crippen molar-refractivity contribution in [1.82, 2.24) is 14.8 Å². The van der Waals surface area contributed by atoms with Gasteiger partial charge in [-0.05, 0) is 18.6 Å². The zero-order chi connectivity index (χ0) is 14.0. The summed E-state index contributed by atoms with van der Waals surface area (Å²) in [4.78, 5) is 3.82. The zero-order valence-electron chi connectivity index (χ0n) is 10.5. The lowest BCUT2D eigenvalue weighted by Crippen LogP contribution is -2.14. The van der Waals surface area contributed by atoms with Gasteiger partial charge in [0, 0.05) is 19.4 Å². The summed E-state index contributed by atoms with van der Waals surface area (Å²) in [6.07, 6.45) is 2.90. The van der Waals surface area contributed by atoms with Crippen LogP contribution in [0.2, 0.25) is 0 Å². The molecule has 0 aromatic carbocycles. The number of pyridine rings is 1. The van der Waals surface area contributed by atoms with Crippen LogP contribution in [0.1, 0.15) is 11.3 Å². The summed E-state index contributed by atoms with van der Waals surface area (Å²) in [7, 11) is -2.04. The predicted molar refractivity (Wildman–Crippen MR) is 68.9 cm³/mol. The van der Waals surface area contributed by atoms with Crippen molar-refractivity contribution < 1.29 is 13.5 Å². The van der Waals surface area contributed by atoms with Gasteiger partial charge in [0.2, 0.25) is 0 Å². The maximum atomic E-state index is 12.1. The van der Waals surface area contributed by atoms with E-state index in [0.717, 1.165) is 0 Å². The Morgan fingerprint density at radius 2 is 2.16 bits per heavy atom. The van der Waals surface area contributed by atoms with E-state index in [9.17, 15) is 8.42 Å². The van der Waals surface area contributed by atoms with E-state index in [1.807, 2.05) is 0 Å². The van der Waals surface area contributed by atoms with E-state index in [1.165, 1.54) is 23.0 Å². The third-order valence-corrected chi connectivity index (χ3v) is 3.79. The second kappa shape index (κ2) is 4.98. The maximum Gasteiger partial charge on any atom is 0.279 e. The Morgan fingerprint density at radius 1 is 1.42 bits per heavy atom. The number of aliphatic hydroxyl groups excluding tert-OH is 1. The first kappa shape index (κ1) is 13.5. The molecule has 0 saturated carbocycles. The van der Waals surface area contributed by atoms with Gasteiger partial charge in [-0.25, -0.2) is 4.98 Å². The fraction of sp³-hybridized carbons (Fsp3) is 0.273. The monoisotopic (exact) mass is 282 g/mol. The minimum absolute atomic E-state index is 0.104. The highest BCUT2D eigenvalue weighted by Crippen LogP contribution is 2.17. The Morgan fingerprint density at radius 3 is 2.63 bits per heavy atom. The van der Waals surface area contributed by atoms with Crippen molar-refractivity contribution in [1.29, 1.82) is 0 Å². The maximum absolute atomic E-state index is 12.1. The molecule has 19 heavy (non-hydrogen) atoms. The lowest BCUT2D eigenvalue weighted by molar-refractivity contribution is 0.281. The van der Waals surface area contributed by atoms with E-state index in [0.29, 0.717) is 16.9 Å². The molecule has 7 nitrogen and oxygen atoms in total. The zero-order valence-corrected chi connectivity index (χ0v) is 11.3. The highest BCUT2D eigenvalue weighted by Gasteiger charge is 2.17. The fourth-order valence-corrected chi connectivity index (χ4v) is 2.59. The molecule has 102 valence electrons. The molecule has 0 unspecified atom stereocenters. The van der Waals surface area contributed by atoms with Gasteiger partial charge in [0.15, 0.2) is 5.03 Å². The molecule has 0 fully saturated rings. The molecule has 2 aromatic heterocycles. The van der Waals surface area contributed by atoms with Crippen LogP contribution in [0.4, 0.5) is 5.69 Å². The van der Waals surface area contributed by atoms with Gasteiger partial charge >= 0.3 is 0 Å². The molecule has 2 N–H and O–H groups in total. The molecule has 2 heterocycles. The third kappa shape index (κ3) is 2.91. The Balaban J connectivity index is 2.29. The third-order valence-electron chi connectivity index (χ3n) is 2.51. The molecule has 0 amide bonds. The molecule has 2 aromatic rings. The van der Waals surface area contributed by atoms with Crippen LogP contribution >= 0.6 is 0 Å². The van der Waals surface area contributed by atoms with Gasteiger partial charge in [0.05, 0.1) is 18.0 Å². The summed E-state index contributed by atoms with van der Waals surface area (Å²) in [5, 5.41) is 12.8. The number of aliphatic hydroxyl groups is 1. The van der Waals surface area contributed by atoms with Gasteiger partial charge in [-0.3, -0.25) is 9.40 Å². The SMILES string of the molecule is Cc1nn(C)cc1NS(=O)(=O)c1ccc(CO)cn1. The van der Waals surface area contributed by atoms with Crippen molar-refractivity contribution in [3.63, 3.8) is 0 Å². The Hall–Kier alpha value is -1.93. The van der Waals surface area contributed by atoms with E-state index in [-0.39, 0.29) is 11.6 Å². The molecule has 0 aliphatic heterocycles. The second-order valence-corrected chi connectivity index (χ2v) is 5.70. The molecule has 0 spiro atoms. The number of aromatic nitrogens is 3. The molecule has 0 bridgehead atoms. The molecule has 0 atom stereocenters. The van der Waals surface area contributed by atoms with Crippen LogP contribution in [0.5, 0.6) is 0 Å². The molecule has 0 aliphatic rings. The topological polar surface area (TPSA) is 97.1 Å². The van der Waals surface area contributed by atoms with Gasteiger partial charge < -0.3 is 5.11 Å². The number of sulfonamides is 1. The Labute approximate surface area is 111 Å². The van der Waals surface area contributed by atoms with Crippen LogP contribution in [0.15, 0.2) is 29.6 Å². The summed E-state index contributed by atoms with van der Waals surface area (Å²) in [6.45, 7) is 1.53. The highest BCUT2D eigenvalue weighted by atomic mass is 32.2. The van der Waals surface area contributed by atoms with Crippen LogP contribution < -0.4 is 4.72 Å². The molecule has 0 aliphatic carbocycles. The van der Waals surface area contributed by atoms with Crippen molar-refractivity contribution in [2.45, 2.75) is 18.6 Å². The van der Waals surface area contributed by atoms with Gasteiger partial charge in [-0.15, -0.1) is 0 Å². The summed E-state index contributed by atoms with van der Waals surface area (Å²) < 4.78 is 28.1. The second-order valence-electron chi connectivity index (χ2n) is 4.07. The molecule has 2 rings (SSSR count). The fourth-order valence-electron chi connectivity index (χ4n) is 1.56. The lowest BCUT2D eigenvalue weighted by atomic mass is 10.3. The average molecular weight is 282 g/mol. The number of nitrogens with one attached hydrogen (secondary N) is 1. The first-order valence-corrected chi connectivity index (χ1v) is 6.99. The first-order valence-electron chi connectivity index (χ1n) is 5.51. The minimum Gasteiger partial charge on any atom is -0.392 e. The van der Waals surface area contributed by atoms with Crippen molar-refractivity contribution in [2.75, 3.05) is 4.72 Å². The number of anilines is 1. The first-order chi connectivity index (χ1) is 8.92. The summed E-state index contributed by atoms with van der Waals surface area (Å²) >= 11 is 0. The predicted octanol–water partition coefficient (Wildman–Crippen LogP) is 0.417. The quantitative estimate of drug-likeness (QED) is 0.847. The summed E-state index contributed by atoms with van der Waals surface area (Å²) in [5.41, 5.74) is 1.55. The summed E-state index contributed by atoms with van der Waals surface area (Å²) in [5.74, 6) is 0. The van der Waals surface area contributed by atoms with Crippen LogP contribution in [-0.4, -0.2) is 28.3 Å². The average Bonchev–Trinajstić information content (AvgIpc) is 2.67. The number of aryl methyl sites for hydroxylation is 2. The smallest absolute Gasteiger partial charge is 0.279 e. The number of rotatable bonds is 4. The molecule has 8 heteroatoms. The van der Waals surface area contributed by atoms with Crippen LogP contribution in [0, 0.1) is 6.92 Å². The van der Waals surface area contributed by atoms with E-state index < -0.39 is 10.0 Å². The van der Waals surface area contributed by atoms with E-state index in [1.54, 1.807) is 20.2 Å². The van der Waals surface area contributed by atoms with Gasteiger partial charge in [-0.2, -0.15) is 13.5 Å². The standard InChI is InChI=1S/C11H14N4O3S/c1-8-10(6-15(2)13-8)14-19(17,18)11-4-3-9(7-16)5-12-11/h3-6,14,16H,7H2,1-2H3. The molecule has 0 radical (unpaired) electrons. The number of hydrogen-bond acceptors (Lipinski definition) is 5. The summed E-state index contributed by atoms with van der Waals surface area (Å²) in [6, 6.07) is 2.86. The lowest BCUT2D eigenvalue weighted by Gasteiger charge is -2.06. The molecule has 0 saturated heterocycles. The minimum atomic E-state index is -3.74. The van der Waals surface area contributed by atoms with E-state index >= 15 is 0 Å². The van der Waals surface area contributed by atoms with Crippen molar-refractivity contribution in [3.8, 4) is 0 Å². The number of hydrogen-bond donors (Lipinski definition) is 2. The number of nitrogens with zero attached hydrogens (tertiary/aromatic N) is 3. The molecular formula is C11H14N4O3S. The van der Waals surface area contributed by atoms with E-state index in [4.69, 9.17) is 5.11 Å². The van der Waals surface area contributed by atoms with E-state index in [2.05, 4.69) is 14.8 Å². The Bertz CT molecular complexity index is 676. The molecular weight excluding hydrogens is 268 g/mol.